The number of hydrogen-bond donors (Lipinski definition) is 1. The van der Waals surface area contributed by atoms with Gasteiger partial charge in [0.15, 0.2) is 9.34 Å². The first-order valence-electron chi connectivity index (χ1n) is 5.61. The molecule has 18 heavy (non-hydrogen) atoms. The van der Waals surface area contributed by atoms with Crippen LogP contribution >= 0.6 is 11.3 Å². The summed E-state index contributed by atoms with van der Waals surface area (Å²) in [6.07, 6.45) is 7.39. The predicted molar refractivity (Wildman–Crippen MR) is 71.6 cm³/mol. The second-order valence-corrected chi connectivity index (χ2v) is 7.53. The van der Waals surface area contributed by atoms with Crippen LogP contribution in [0.3, 0.4) is 0 Å². The zero-order valence-corrected chi connectivity index (χ0v) is 11.7. The molecule has 2 N–H and O–H groups in total. The van der Waals surface area contributed by atoms with Crippen molar-refractivity contribution in [1.82, 2.24) is 9.29 Å². The summed E-state index contributed by atoms with van der Waals surface area (Å²) in [4.78, 5) is 3.95. The summed E-state index contributed by atoms with van der Waals surface area (Å²) in [6, 6.07) is 0. The van der Waals surface area contributed by atoms with Crippen molar-refractivity contribution < 1.29 is 8.42 Å². The van der Waals surface area contributed by atoms with Crippen LogP contribution in [0.4, 0.5) is 5.13 Å². The molecule has 0 atom stereocenters. The van der Waals surface area contributed by atoms with E-state index >= 15 is 0 Å². The molecule has 1 heterocycles. The lowest BCUT2D eigenvalue weighted by Gasteiger charge is -2.18. The zero-order chi connectivity index (χ0) is 13.3. The van der Waals surface area contributed by atoms with Gasteiger partial charge in [0, 0.05) is 6.54 Å². The Morgan fingerprint density at radius 1 is 1.61 bits per heavy atom. The van der Waals surface area contributed by atoms with Crippen molar-refractivity contribution in [3.05, 3.63) is 5.69 Å². The Bertz CT molecular complexity index is 582. The first-order chi connectivity index (χ1) is 8.45. The highest BCUT2D eigenvalue weighted by Crippen LogP contribution is 2.33. The van der Waals surface area contributed by atoms with Crippen molar-refractivity contribution >= 4 is 26.5 Å². The summed E-state index contributed by atoms with van der Waals surface area (Å²) in [7, 11) is -3.56. The molecule has 1 aliphatic rings. The third-order valence-corrected chi connectivity index (χ3v) is 6.16. The van der Waals surface area contributed by atoms with Crippen molar-refractivity contribution in [3.63, 3.8) is 0 Å². The van der Waals surface area contributed by atoms with E-state index in [1.165, 1.54) is 4.31 Å². The molecule has 0 bridgehead atoms. The van der Waals surface area contributed by atoms with Gasteiger partial charge in [-0.3, -0.25) is 0 Å². The lowest BCUT2D eigenvalue weighted by atomic mass is 10.4. The summed E-state index contributed by atoms with van der Waals surface area (Å²) >= 11 is 0.991. The minimum absolute atomic E-state index is 0.0933. The molecule has 1 aromatic heterocycles. The summed E-state index contributed by atoms with van der Waals surface area (Å²) in [5.74, 6) is 2.85. The number of aryl methyl sites for hydroxylation is 1. The molecule has 98 valence electrons. The van der Waals surface area contributed by atoms with E-state index in [-0.39, 0.29) is 15.9 Å². The summed E-state index contributed by atoms with van der Waals surface area (Å²) in [5, 5.41) is 0.262. The average molecular weight is 285 g/mol. The summed E-state index contributed by atoms with van der Waals surface area (Å²) < 4.78 is 26.5. The molecular weight excluding hydrogens is 270 g/mol. The van der Waals surface area contributed by atoms with Gasteiger partial charge in [-0.25, -0.2) is 13.4 Å². The Balaban J connectivity index is 2.32. The first-order valence-corrected chi connectivity index (χ1v) is 7.87. The van der Waals surface area contributed by atoms with Crippen LogP contribution in [0.15, 0.2) is 4.21 Å². The molecule has 1 aromatic rings. The highest BCUT2D eigenvalue weighted by atomic mass is 32.2. The normalized spacial score (nSPS) is 15.8. The highest BCUT2D eigenvalue weighted by molar-refractivity contribution is 7.91. The Morgan fingerprint density at radius 2 is 2.28 bits per heavy atom. The van der Waals surface area contributed by atoms with Gasteiger partial charge in [-0.1, -0.05) is 17.3 Å². The Kier molecular flexibility index (Phi) is 3.61. The molecular formula is C11H15N3O2S2. The Morgan fingerprint density at radius 3 is 2.72 bits per heavy atom. The van der Waals surface area contributed by atoms with Crippen molar-refractivity contribution in [2.75, 3.05) is 18.8 Å². The van der Waals surface area contributed by atoms with E-state index in [9.17, 15) is 8.42 Å². The molecule has 0 aliphatic heterocycles. The second-order valence-electron chi connectivity index (χ2n) is 4.37. The largest absolute Gasteiger partial charge is 0.375 e. The second kappa shape index (κ2) is 4.88. The van der Waals surface area contributed by atoms with Crippen molar-refractivity contribution in [1.29, 1.82) is 0 Å². The average Bonchev–Trinajstić information content (AvgIpc) is 3.02. The predicted octanol–water partition coefficient (Wildman–Crippen LogP) is 1.07. The Labute approximate surface area is 111 Å². The van der Waals surface area contributed by atoms with Crippen LogP contribution in [0.1, 0.15) is 18.5 Å². The lowest BCUT2D eigenvalue weighted by Crippen LogP contribution is -2.33. The fourth-order valence-corrected chi connectivity index (χ4v) is 4.56. The Hall–Kier alpha value is -1.10. The number of hydrogen-bond acceptors (Lipinski definition) is 5. The van der Waals surface area contributed by atoms with Gasteiger partial charge in [-0.05, 0) is 25.7 Å². The van der Waals surface area contributed by atoms with Gasteiger partial charge in [0.05, 0.1) is 12.2 Å². The van der Waals surface area contributed by atoms with Crippen LogP contribution in [0, 0.1) is 25.2 Å². The molecule has 1 aliphatic carbocycles. The number of thiazole rings is 1. The molecule has 0 unspecified atom stereocenters. The molecule has 2 rings (SSSR count). The van der Waals surface area contributed by atoms with Gasteiger partial charge in [0.1, 0.15) is 0 Å². The van der Waals surface area contributed by atoms with Crippen LogP contribution in [0.5, 0.6) is 0 Å². The fraction of sp³-hybridized carbons (Fsp3) is 0.545. The van der Waals surface area contributed by atoms with E-state index in [4.69, 9.17) is 12.2 Å². The maximum Gasteiger partial charge on any atom is 0.255 e. The van der Waals surface area contributed by atoms with E-state index in [1.807, 2.05) is 0 Å². The van der Waals surface area contributed by atoms with Crippen LogP contribution in [0.2, 0.25) is 0 Å². The van der Waals surface area contributed by atoms with Crippen LogP contribution < -0.4 is 5.73 Å². The molecule has 0 spiro atoms. The van der Waals surface area contributed by atoms with E-state index < -0.39 is 10.0 Å². The molecule has 7 heteroatoms. The lowest BCUT2D eigenvalue weighted by molar-refractivity contribution is 0.431. The molecule has 1 saturated carbocycles. The van der Waals surface area contributed by atoms with Gasteiger partial charge in [0.25, 0.3) is 10.0 Å². The van der Waals surface area contributed by atoms with Gasteiger partial charge in [0.2, 0.25) is 0 Å². The van der Waals surface area contributed by atoms with E-state index in [1.54, 1.807) is 6.92 Å². The highest BCUT2D eigenvalue weighted by Gasteiger charge is 2.33. The number of aromatic nitrogens is 1. The number of anilines is 1. The number of rotatable bonds is 5. The van der Waals surface area contributed by atoms with E-state index in [0.29, 0.717) is 18.2 Å². The SMILES string of the molecule is C#CCN(CC1CC1)S(=O)(=O)c1sc(N)nc1C. The summed E-state index contributed by atoms with van der Waals surface area (Å²) in [6.45, 7) is 2.23. The summed E-state index contributed by atoms with van der Waals surface area (Å²) in [5.41, 5.74) is 5.99. The molecule has 0 aromatic carbocycles. The van der Waals surface area contributed by atoms with Crippen molar-refractivity contribution in [3.8, 4) is 12.3 Å². The molecule has 1 fully saturated rings. The van der Waals surface area contributed by atoms with Crippen LogP contribution in [-0.4, -0.2) is 30.8 Å². The van der Waals surface area contributed by atoms with Gasteiger partial charge < -0.3 is 5.73 Å². The fourth-order valence-electron chi connectivity index (χ4n) is 1.70. The third kappa shape index (κ3) is 2.66. The maximum atomic E-state index is 12.5. The number of sulfonamides is 1. The first kappa shape index (κ1) is 13.3. The van der Waals surface area contributed by atoms with Gasteiger partial charge in [-0.15, -0.1) is 6.42 Å². The van der Waals surface area contributed by atoms with Crippen molar-refractivity contribution in [2.45, 2.75) is 24.0 Å². The molecule has 0 amide bonds. The minimum atomic E-state index is -3.56. The number of terminal acetylenes is 1. The number of nitrogens with two attached hydrogens (primary N) is 1. The number of nitrogens with zero attached hydrogens (tertiary/aromatic N) is 2. The smallest absolute Gasteiger partial charge is 0.255 e. The third-order valence-electron chi connectivity index (χ3n) is 2.77. The molecule has 0 radical (unpaired) electrons. The maximum absolute atomic E-state index is 12.5. The minimum Gasteiger partial charge on any atom is -0.375 e. The van der Waals surface area contributed by atoms with Gasteiger partial charge >= 0.3 is 0 Å². The van der Waals surface area contributed by atoms with Crippen molar-refractivity contribution in [2.24, 2.45) is 5.92 Å². The zero-order valence-electron chi connectivity index (χ0n) is 10.1. The number of nitrogen functional groups attached to an aromatic ring is 1. The topological polar surface area (TPSA) is 76.3 Å². The van der Waals surface area contributed by atoms with Crippen LogP contribution in [-0.2, 0) is 10.0 Å². The van der Waals surface area contributed by atoms with E-state index in [2.05, 4.69) is 10.9 Å². The van der Waals surface area contributed by atoms with Crippen LogP contribution in [0.25, 0.3) is 0 Å². The monoisotopic (exact) mass is 285 g/mol. The molecule has 0 saturated heterocycles. The molecule has 5 nitrogen and oxygen atoms in total. The van der Waals surface area contributed by atoms with Gasteiger partial charge in [-0.2, -0.15) is 4.31 Å². The quantitative estimate of drug-likeness (QED) is 0.821. The standard InChI is InChI=1S/C11H15N3O2S2/c1-3-6-14(7-9-4-5-9)18(15,16)10-8(2)13-11(12)17-10/h1,9H,4-7H2,2H3,(H2,12,13). The van der Waals surface area contributed by atoms with E-state index in [0.717, 1.165) is 24.2 Å².